The molecular formula is C40H61NO6. The van der Waals surface area contributed by atoms with Gasteiger partial charge in [-0.25, -0.2) is 9.59 Å². The van der Waals surface area contributed by atoms with Gasteiger partial charge in [0.15, 0.2) is 0 Å². The number of rotatable bonds is 13. The van der Waals surface area contributed by atoms with Crippen molar-refractivity contribution in [2.45, 2.75) is 143 Å². The van der Waals surface area contributed by atoms with Gasteiger partial charge in [-0.3, -0.25) is 4.79 Å². The van der Waals surface area contributed by atoms with E-state index in [1.807, 2.05) is 30.3 Å². The molecule has 4 aliphatic rings. The number of alkyl carbamates (subject to hydrolysis) is 1. The second-order valence-electron chi connectivity index (χ2n) is 16.7. The lowest BCUT2D eigenvalue weighted by Crippen LogP contribution is -2.54. The van der Waals surface area contributed by atoms with Gasteiger partial charge in [-0.05, 0) is 122 Å². The second kappa shape index (κ2) is 15.3. The Morgan fingerprint density at radius 1 is 0.894 bits per heavy atom. The van der Waals surface area contributed by atoms with Crippen LogP contribution < -0.4 is 5.32 Å². The van der Waals surface area contributed by atoms with Crippen LogP contribution in [0, 0.1) is 52.3 Å². The molecule has 47 heavy (non-hydrogen) atoms. The van der Waals surface area contributed by atoms with E-state index < -0.39 is 24.1 Å². The summed E-state index contributed by atoms with van der Waals surface area (Å²) in [6, 6.07) is 8.24. The van der Waals surface area contributed by atoms with Gasteiger partial charge in [-0.1, -0.05) is 84.2 Å². The molecule has 2 N–H and O–H groups in total. The molecule has 4 fully saturated rings. The Kier molecular flexibility index (Phi) is 11.6. The normalized spacial score (nSPS) is 34.3. The fourth-order valence-corrected chi connectivity index (χ4v) is 11.0. The minimum absolute atomic E-state index is 0.0380. The van der Waals surface area contributed by atoms with E-state index in [2.05, 4.69) is 39.9 Å². The number of fused-ring (bicyclic) bond motifs is 5. The van der Waals surface area contributed by atoms with Crippen LogP contribution in [-0.2, 0) is 25.7 Å². The zero-order chi connectivity index (χ0) is 33.8. The van der Waals surface area contributed by atoms with Gasteiger partial charge < -0.3 is 19.9 Å². The lowest BCUT2D eigenvalue weighted by molar-refractivity contribution is -0.165. The molecule has 1 aromatic rings. The van der Waals surface area contributed by atoms with E-state index >= 15 is 0 Å². The van der Waals surface area contributed by atoms with E-state index in [9.17, 15) is 19.5 Å². The average molecular weight is 652 g/mol. The summed E-state index contributed by atoms with van der Waals surface area (Å²) in [5, 5.41) is 11.9. The summed E-state index contributed by atoms with van der Waals surface area (Å²) in [4.78, 5) is 37.3. The third-order valence-corrected chi connectivity index (χ3v) is 13.5. The highest BCUT2D eigenvalue weighted by Crippen LogP contribution is 2.68. The van der Waals surface area contributed by atoms with Crippen molar-refractivity contribution in [3.8, 4) is 0 Å². The summed E-state index contributed by atoms with van der Waals surface area (Å²) in [6.45, 7) is 12.5. The molecule has 0 aromatic heterocycles. The number of hydrogen-bond acceptors (Lipinski definition) is 5. The molecule has 0 spiro atoms. The van der Waals surface area contributed by atoms with Crippen LogP contribution in [0.3, 0.4) is 0 Å². The predicted octanol–water partition coefficient (Wildman–Crippen LogP) is 9.18. The molecule has 4 saturated carbocycles. The van der Waals surface area contributed by atoms with Crippen LogP contribution >= 0.6 is 0 Å². The number of benzene rings is 1. The summed E-state index contributed by atoms with van der Waals surface area (Å²) < 4.78 is 11.4. The molecule has 7 heteroatoms. The third-order valence-electron chi connectivity index (χ3n) is 13.5. The highest BCUT2D eigenvalue weighted by atomic mass is 16.6. The summed E-state index contributed by atoms with van der Waals surface area (Å²) in [5.74, 6) is 3.81. The van der Waals surface area contributed by atoms with Crippen LogP contribution in [0.5, 0.6) is 0 Å². The maximum absolute atomic E-state index is 13.4. The third kappa shape index (κ3) is 8.19. The first-order valence-electron chi connectivity index (χ1n) is 18.8. The largest absolute Gasteiger partial charge is 0.481 e. The van der Waals surface area contributed by atoms with Crippen molar-refractivity contribution < 1.29 is 29.0 Å². The first kappa shape index (κ1) is 35.7. The van der Waals surface area contributed by atoms with Crippen LogP contribution in [0.2, 0.25) is 0 Å². The second-order valence-corrected chi connectivity index (χ2v) is 16.7. The molecule has 10 atom stereocenters. The summed E-state index contributed by atoms with van der Waals surface area (Å²) >= 11 is 0. The van der Waals surface area contributed by atoms with Crippen molar-refractivity contribution in [2.24, 2.45) is 52.3 Å². The number of hydrogen-bond donors (Lipinski definition) is 2. The Labute approximate surface area is 283 Å². The lowest BCUT2D eigenvalue weighted by Gasteiger charge is -2.61. The van der Waals surface area contributed by atoms with Gasteiger partial charge in [0.1, 0.15) is 18.8 Å². The lowest BCUT2D eigenvalue weighted by atomic mass is 9.44. The number of esters is 1. The molecule has 0 radical (unpaired) electrons. The van der Waals surface area contributed by atoms with Crippen LogP contribution in [0.15, 0.2) is 30.3 Å². The monoisotopic (exact) mass is 651 g/mol. The van der Waals surface area contributed by atoms with E-state index in [1.54, 1.807) is 0 Å². The molecule has 0 saturated heterocycles. The Morgan fingerprint density at radius 3 is 2.34 bits per heavy atom. The van der Waals surface area contributed by atoms with Gasteiger partial charge in [0.2, 0.25) is 0 Å². The molecule has 5 rings (SSSR count). The van der Waals surface area contributed by atoms with E-state index in [-0.39, 0.29) is 31.0 Å². The fourth-order valence-electron chi connectivity index (χ4n) is 11.0. The number of carbonyl (C=O) groups is 3. The van der Waals surface area contributed by atoms with Gasteiger partial charge in [0.05, 0.1) is 0 Å². The van der Waals surface area contributed by atoms with Crippen molar-refractivity contribution in [1.82, 2.24) is 5.32 Å². The van der Waals surface area contributed by atoms with Crippen molar-refractivity contribution in [3.63, 3.8) is 0 Å². The number of ether oxygens (including phenoxy) is 2. The van der Waals surface area contributed by atoms with Gasteiger partial charge in [-0.15, -0.1) is 0 Å². The molecule has 4 aliphatic carbocycles. The van der Waals surface area contributed by atoms with E-state index in [1.165, 1.54) is 57.8 Å². The molecule has 1 aromatic carbocycles. The smallest absolute Gasteiger partial charge is 0.408 e. The molecule has 0 unspecified atom stereocenters. The Bertz CT molecular complexity index is 1220. The number of nitrogens with one attached hydrogen (secondary N) is 1. The Morgan fingerprint density at radius 2 is 1.62 bits per heavy atom. The minimum Gasteiger partial charge on any atom is -0.481 e. The van der Waals surface area contributed by atoms with Crippen LogP contribution in [0.4, 0.5) is 4.79 Å². The summed E-state index contributed by atoms with van der Waals surface area (Å²) in [5.41, 5.74) is 1.58. The van der Waals surface area contributed by atoms with Crippen LogP contribution in [-0.4, -0.2) is 35.3 Å². The van der Waals surface area contributed by atoms with Crippen LogP contribution in [0.25, 0.3) is 0 Å². The predicted molar refractivity (Wildman–Crippen MR) is 183 cm³/mol. The maximum Gasteiger partial charge on any atom is 0.408 e. The number of amides is 1. The number of carboxylic acid groups (broad SMARTS) is 1. The zero-order valence-electron chi connectivity index (χ0n) is 29.7. The highest BCUT2D eigenvalue weighted by Gasteiger charge is 2.60. The van der Waals surface area contributed by atoms with Crippen molar-refractivity contribution >= 4 is 18.0 Å². The first-order chi connectivity index (χ1) is 22.4. The average Bonchev–Trinajstić information content (AvgIpc) is 3.39. The minimum atomic E-state index is -1.06. The van der Waals surface area contributed by atoms with E-state index in [4.69, 9.17) is 9.47 Å². The van der Waals surface area contributed by atoms with Gasteiger partial charge in [0, 0.05) is 6.42 Å². The molecule has 7 nitrogen and oxygen atoms in total. The Balaban J connectivity index is 1.16. The van der Waals surface area contributed by atoms with Crippen molar-refractivity contribution in [1.29, 1.82) is 0 Å². The van der Waals surface area contributed by atoms with E-state index in [0.29, 0.717) is 11.3 Å². The van der Waals surface area contributed by atoms with Crippen molar-refractivity contribution in [2.75, 3.05) is 0 Å². The van der Waals surface area contributed by atoms with Crippen molar-refractivity contribution in [3.05, 3.63) is 35.9 Å². The topological polar surface area (TPSA) is 102 Å². The van der Waals surface area contributed by atoms with Gasteiger partial charge in [0.25, 0.3) is 0 Å². The number of carbonyl (C=O) groups excluding carboxylic acids is 2. The number of aliphatic carboxylic acids is 1. The van der Waals surface area contributed by atoms with E-state index in [0.717, 1.165) is 60.3 Å². The molecule has 0 bridgehead atoms. The first-order valence-corrected chi connectivity index (χ1v) is 18.8. The SMILES string of the molecule is CC(C)CCC[C@@H](C)[C@H]1CC[C@H]2[C@@H]3CC[C@H]4C[C@@H](OC(=O)[C@H](CCC(=O)O)NC(=O)OCc5ccccc5)CC[C@]4(C)[C@H]3CC[C@]12C. The molecule has 1 amide bonds. The zero-order valence-corrected chi connectivity index (χ0v) is 29.7. The molecule has 262 valence electrons. The standard InChI is InChI=1S/C40H61NO6/c1-26(2)10-9-11-27(3)32-16-17-33-31-15-14-29-24-30(20-22-39(29,4)34(31)21-23-40(32,33)5)47-37(44)35(18-19-36(42)43)41-38(45)46-25-28-12-7-6-8-13-28/h6-8,12-13,26-27,29-35H,9-11,14-25H2,1-5H3,(H,41,45)(H,42,43)/t27-,29+,30+,31+,32-,33+,34+,35+,39+,40-/m1/s1. The number of carboxylic acids is 1. The van der Waals surface area contributed by atoms with Crippen LogP contribution in [0.1, 0.15) is 130 Å². The summed E-state index contributed by atoms with van der Waals surface area (Å²) in [6.07, 6.45) is 13.6. The maximum atomic E-state index is 13.4. The molecule has 0 heterocycles. The quantitative estimate of drug-likeness (QED) is 0.206. The Hall–Kier alpha value is -2.57. The summed E-state index contributed by atoms with van der Waals surface area (Å²) in [7, 11) is 0. The van der Waals surface area contributed by atoms with Gasteiger partial charge >= 0.3 is 18.0 Å². The fraction of sp³-hybridized carbons (Fsp3) is 0.775. The molecule has 0 aliphatic heterocycles. The highest BCUT2D eigenvalue weighted by molar-refractivity contribution is 5.82. The molecular weight excluding hydrogens is 590 g/mol. The van der Waals surface area contributed by atoms with Gasteiger partial charge in [-0.2, -0.15) is 0 Å².